The van der Waals surface area contributed by atoms with Gasteiger partial charge >= 0.3 is 5.69 Å². The highest BCUT2D eigenvalue weighted by molar-refractivity contribution is 5.60. The molecule has 0 spiro atoms. The Kier molecular flexibility index (Phi) is 4.88. The topological polar surface area (TPSA) is 99.0 Å². The summed E-state index contributed by atoms with van der Waals surface area (Å²) in [4.78, 5) is 10.8. The van der Waals surface area contributed by atoms with Crippen molar-refractivity contribution in [2.75, 3.05) is 11.9 Å². The Morgan fingerprint density at radius 3 is 2.42 bits per heavy atom. The normalized spacial score (nSPS) is 13.1. The Morgan fingerprint density at radius 1 is 1.42 bits per heavy atom. The van der Waals surface area contributed by atoms with E-state index in [-0.39, 0.29) is 22.6 Å². The molecule has 1 atom stereocenters. The molecule has 1 aromatic heterocycles. The van der Waals surface area contributed by atoms with Crippen LogP contribution in [0.25, 0.3) is 0 Å². The molecule has 1 aromatic rings. The number of nitro groups is 1. The third-order valence-corrected chi connectivity index (χ3v) is 3.14. The van der Waals surface area contributed by atoms with Crippen molar-refractivity contribution in [3.8, 4) is 0 Å². The summed E-state index contributed by atoms with van der Waals surface area (Å²) >= 11 is 0. The lowest BCUT2D eigenvalue weighted by Crippen LogP contribution is -2.34. The van der Waals surface area contributed by atoms with E-state index in [1.54, 1.807) is 7.05 Å². The van der Waals surface area contributed by atoms with Crippen LogP contribution in [0, 0.1) is 16.0 Å². The van der Waals surface area contributed by atoms with E-state index in [0.717, 1.165) is 0 Å². The van der Waals surface area contributed by atoms with Crippen molar-refractivity contribution in [3.05, 3.63) is 15.8 Å². The van der Waals surface area contributed by atoms with E-state index in [0.29, 0.717) is 24.0 Å². The van der Waals surface area contributed by atoms with Gasteiger partial charge < -0.3 is 11.1 Å². The number of nitrogens with two attached hydrogens (primary N) is 1. The number of hydrogen-bond acceptors (Lipinski definition) is 5. The van der Waals surface area contributed by atoms with Crippen LogP contribution >= 0.6 is 0 Å². The number of aromatic nitrogens is 2. The maximum Gasteiger partial charge on any atom is 0.334 e. The second-order valence-corrected chi connectivity index (χ2v) is 5.41. The molecule has 0 aliphatic carbocycles. The van der Waals surface area contributed by atoms with Crippen molar-refractivity contribution in [3.63, 3.8) is 0 Å². The van der Waals surface area contributed by atoms with Crippen LogP contribution in [-0.2, 0) is 7.05 Å². The molecule has 0 radical (unpaired) electrons. The molecule has 0 saturated carbocycles. The third-order valence-electron chi connectivity index (χ3n) is 3.14. The highest BCUT2D eigenvalue weighted by Crippen LogP contribution is 2.32. The van der Waals surface area contributed by atoms with Crippen LogP contribution in [0.2, 0.25) is 0 Å². The molecule has 0 fully saturated rings. The van der Waals surface area contributed by atoms with E-state index in [9.17, 15) is 10.1 Å². The predicted octanol–water partition coefficient (Wildman–Crippen LogP) is 1.85. The third kappa shape index (κ3) is 3.44. The van der Waals surface area contributed by atoms with Crippen LogP contribution in [0.1, 0.15) is 39.3 Å². The van der Waals surface area contributed by atoms with Gasteiger partial charge in [-0.05, 0) is 5.92 Å². The summed E-state index contributed by atoms with van der Waals surface area (Å²) in [6.07, 6.45) is 0. The summed E-state index contributed by atoms with van der Waals surface area (Å²) in [6.45, 7) is 8.29. The second kappa shape index (κ2) is 6.01. The molecule has 1 unspecified atom stereocenters. The Balaban J connectivity index is 3.03. The summed E-state index contributed by atoms with van der Waals surface area (Å²) < 4.78 is 1.51. The Hall–Kier alpha value is -1.63. The fourth-order valence-electron chi connectivity index (χ4n) is 1.75. The number of rotatable bonds is 6. The number of nitrogens with one attached hydrogen (secondary N) is 1. The average molecular weight is 269 g/mol. The molecule has 0 bridgehead atoms. The van der Waals surface area contributed by atoms with Gasteiger partial charge in [-0.2, -0.15) is 5.10 Å². The van der Waals surface area contributed by atoms with E-state index in [4.69, 9.17) is 5.73 Å². The molecule has 3 N–H and O–H groups in total. The smallest absolute Gasteiger partial charge is 0.334 e. The molecule has 0 aliphatic rings. The summed E-state index contributed by atoms with van der Waals surface area (Å²) in [5, 5.41) is 18.5. The van der Waals surface area contributed by atoms with Crippen LogP contribution in [0.4, 0.5) is 11.5 Å². The fraction of sp³-hybridized carbons (Fsp3) is 0.750. The lowest BCUT2D eigenvalue weighted by molar-refractivity contribution is -0.384. The van der Waals surface area contributed by atoms with E-state index in [1.165, 1.54) is 4.68 Å². The molecule has 7 heteroatoms. The number of aryl methyl sites for hydroxylation is 1. The monoisotopic (exact) mass is 269 g/mol. The van der Waals surface area contributed by atoms with Crippen LogP contribution in [0.5, 0.6) is 0 Å². The van der Waals surface area contributed by atoms with Gasteiger partial charge in [-0.3, -0.25) is 10.1 Å². The lowest BCUT2D eigenvalue weighted by Gasteiger charge is -2.16. The van der Waals surface area contributed by atoms with Crippen molar-refractivity contribution < 1.29 is 4.92 Å². The summed E-state index contributed by atoms with van der Waals surface area (Å²) in [7, 11) is 1.70. The molecule has 0 amide bonds. The molecule has 0 aliphatic heterocycles. The zero-order chi connectivity index (χ0) is 14.7. The molecule has 0 aromatic carbocycles. The highest BCUT2D eigenvalue weighted by atomic mass is 16.6. The lowest BCUT2D eigenvalue weighted by atomic mass is 10.1. The summed E-state index contributed by atoms with van der Waals surface area (Å²) in [6, 6.07) is -0.0583. The Labute approximate surface area is 113 Å². The second-order valence-electron chi connectivity index (χ2n) is 5.41. The van der Waals surface area contributed by atoms with Crippen LogP contribution in [-0.4, -0.2) is 27.3 Å². The van der Waals surface area contributed by atoms with Crippen LogP contribution in [0.15, 0.2) is 0 Å². The number of hydrogen-bond donors (Lipinski definition) is 2. The van der Waals surface area contributed by atoms with Gasteiger partial charge in [0.2, 0.25) is 5.82 Å². The molecule has 1 rings (SSSR count). The van der Waals surface area contributed by atoms with Crippen LogP contribution in [0.3, 0.4) is 0 Å². The maximum atomic E-state index is 11.2. The SMILES string of the molecule is CC(C)c1nn(C)c(NCC(N)C(C)C)c1[N+](=O)[O-]. The first-order valence-electron chi connectivity index (χ1n) is 6.46. The molecule has 0 saturated heterocycles. The van der Waals surface area contributed by atoms with Gasteiger partial charge in [0, 0.05) is 25.6 Å². The first-order valence-corrected chi connectivity index (χ1v) is 6.46. The van der Waals surface area contributed by atoms with E-state index in [2.05, 4.69) is 10.4 Å². The van der Waals surface area contributed by atoms with Gasteiger partial charge in [-0.15, -0.1) is 0 Å². The Morgan fingerprint density at radius 2 is 2.00 bits per heavy atom. The summed E-state index contributed by atoms with van der Waals surface area (Å²) in [5.74, 6) is 0.732. The van der Waals surface area contributed by atoms with Gasteiger partial charge in [-0.25, -0.2) is 4.68 Å². The van der Waals surface area contributed by atoms with Crippen molar-refractivity contribution in [1.29, 1.82) is 0 Å². The van der Waals surface area contributed by atoms with E-state index < -0.39 is 0 Å². The molecular formula is C12H23N5O2. The molecule has 108 valence electrons. The van der Waals surface area contributed by atoms with Crippen molar-refractivity contribution in [2.45, 2.75) is 39.7 Å². The molecule has 1 heterocycles. The standard InChI is InChI=1S/C12H23N5O2/c1-7(2)9(13)6-14-12-11(17(18)19)10(8(3)4)15-16(12)5/h7-9,14H,6,13H2,1-5H3. The number of nitrogens with zero attached hydrogens (tertiary/aromatic N) is 3. The minimum absolute atomic E-state index is 0.000854. The zero-order valence-electron chi connectivity index (χ0n) is 12.2. The maximum absolute atomic E-state index is 11.2. The van der Waals surface area contributed by atoms with Gasteiger partial charge in [0.15, 0.2) is 0 Å². The molecule has 7 nitrogen and oxygen atoms in total. The average Bonchev–Trinajstić information content (AvgIpc) is 2.63. The number of anilines is 1. The van der Waals surface area contributed by atoms with Crippen molar-refractivity contribution >= 4 is 11.5 Å². The first-order chi connectivity index (χ1) is 8.75. The fourth-order valence-corrected chi connectivity index (χ4v) is 1.75. The zero-order valence-corrected chi connectivity index (χ0v) is 12.2. The predicted molar refractivity (Wildman–Crippen MR) is 75.3 cm³/mol. The summed E-state index contributed by atoms with van der Waals surface area (Å²) in [5.41, 5.74) is 6.49. The van der Waals surface area contributed by atoms with Crippen molar-refractivity contribution in [2.24, 2.45) is 18.7 Å². The van der Waals surface area contributed by atoms with Gasteiger partial charge in [0.25, 0.3) is 0 Å². The van der Waals surface area contributed by atoms with Gasteiger partial charge in [0.1, 0.15) is 5.69 Å². The molecule has 19 heavy (non-hydrogen) atoms. The minimum Gasteiger partial charge on any atom is -0.363 e. The highest BCUT2D eigenvalue weighted by Gasteiger charge is 2.28. The van der Waals surface area contributed by atoms with Crippen molar-refractivity contribution in [1.82, 2.24) is 9.78 Å². The van der Waals surface area contributed by atoms with Gasteiger partial charge in [-0.1, -0.05) is 27.7 Å². The molecular weight excluding hydrogens is 246 g/mol. The largest absolute Gasteiger partial charge is 0.363 e. The quantitative estimate of drug-likeness (QED) is 0.606. The van der Waals surface area contributed by atoms with Gasteiger partial charge in [0.05, 0.1) is 4.92 Å². The minimum atomic E-state index is -0.383. The first kappa shape index (κ1) is 15.4. The van der Waals surface area contributed by atoms with E-state index >= 15 is 0 Å². The van der Waals surface area contributed by atoms with Crippen LogP contribution < -0.4 is 11.1 Å². The van der Waals surface area contributed by atoms with E-state index in [1.807, 2.05) is 27.7 Å². The Bertz CT molecular complexity index is 453.